The quantitative estimate of drug-likeness (QED) is 0.579. The second-order valence-corrected chi connectivity index (χ2v) is 7.67. The van der Waals surface area contributed by atoms with Gasteiger partial charge in [-0.3, -0.25) is 4.99 Å². The molecule has 1 atom stereocenters. The maximum Gasteiger partial charge on any atom is 0.191 e. The molecule has 2 N–H and O–H groups in total. The summed E-state index contributed by atoms with van der Waals surface area (Å²) in [5, 5.41) is 6.00. The summed E-state index contributed by atoms with van der Waals surface area (Å²) in [6.45, 7) is 2.14. The molecule has 0 bridgehead atoms. The van der Waals surface area contributed by atoms with Gasteiger partial charge in [-0.05, 0) is 31.9 Å². The van der Waals surface area contributed by atoms with Crippen LogP contribution in [0.4, 0.5) is 8.78 Å². The van der Waals surface area contributed by atoms with E-state index in [9.17, 15) is 17.2 Å². The SMILES string of the molecule is CN=C(NCCc1c(F)cccc1F)NC(C)CCS(C)(=O)=O. The lowest BCUT2D eigenvalue weighted by molar-refractivity contribution is 0.551. The number of halogens is 2. The highest BCUT2D eigenvalue weighted by molar-refractivity contribution is 7.90. The van der Waals surface area contributed by atoms with Gasteiger partial charge < -0.3 is 10.6 Å². The van der Waals surface area contributed by atoms with E-state index in [2.05, 4.69) is 15.6 Å². The third-order valence-corrected chi connectivity index (χ3v) is 4.23. The monoisotopic (exact) mass is 347 g/mol. The van der Waals surface area contributed by atoms with Crippen molar-refractivity contribution in [2.45, 2.75) is 25.8 Å². The Balaban J connectivity index is 2.46. The molecular formula is C15H23F2N3O2S. The maximum atomic E-state index is 13.5. The van der Waals surface area contributed by atoms with Gasteiger partial charge in [0.2, 0.25) is 0 Å². The first-order valence-electron chi connectivity index (χ1n) is 7.30. The number of nitrogens with one attached hydrogen (secondary N) is 2. The van der Waals surface area contributed by atoms with Crippen LogP contribution in [0.25, 0.3) is 0 Å². The van der Waals surface area contributed by atoms with Crippen LogP contribution in [0.1, 0.15) is 18.9 Å². The third kappa shape index (κ3) is 7.40. The Bertz CT molecular complexity index is 628. The van der Waals surface area contributed by atoms with Crippen LogP contribution < -0.4 is 10.6 Å². The van der Waals surface area contributed by atoms with Crippen LogP contribution >= 0.6 is 0 Å². The third-order valence-electron chi connectivity index (χ3n) is 3.26. The first kappa shape index (κ1) is 19.3. The van der Waals surface area contributed by atoms with Gasteiger partial charge in [0.15, 0.2) is 5.96 Å². The Morgan fingerprint density at radius 3 is 2.43 bits per heavy atom. The molecule has 130 valence electrons. The number of guanidine groups is 1. The molecule has 0 radical (unpaired) electrons. The highest BCUT2D eigenvalue weighted by Crippen LogP contribution is 2.11. The summed E-state index contributed by atoms with van der Waals surface area (Å²) in [6.07, 6.45) is 1.81. The Labute approximate surface area is 136 Å². The topological polar surface area (TPSA) is 70.6 Å². The molecule has 0 aromatic heterocycles. The Morgan fingerprint density at radius 1 is 1.30 bits per heavy atom. The van der Waals surface area contributed by atoms with Crippen molar-refractivity contribution in [1.82, 2.24) is 10.6 Å². The molecule has 0 heterocycles. The van der Waals surface area contributed by atoms with Crippen molar-refractivity contribution in [2.24, 2.45) is 4.99 Å². The summed E-state index contributed by atoms with van der Waals surface area (Å²) in [4.78, 5) is 4.01. The van der Waals surface area contributed by atoms with Gasteiger partial charge in [0.1, 0.15) is 21.5 Å². The summed E-state index contributed by atoms with van der Waals surface area (Å²) in [7, 11) is -1.44. The lowest BCUT2D eigenvalue weighted by Crippen LogP contribution is -2.43. The van der Waals surface area contributed by atoms with E-state index < -0.39 is 21.5 Å². The van der Waals surface area contributed by atoms with Crippen molar-refractivity contribution in [1.29, 1.82) is 0 Å². The molecule has 0 spiro atoms. The first-order valence-corrected chi connectivity index (χ1v) is 9.36. The molecule has 0 aliphatic carbocycles. The number of hydrogen-bond donors (Lipinski definition) is 2. The van der Waals surface area contributed by atoms with Crippen LogP contribution in [0.15, 0.2) is 23.2 Å². The zero-order chi connectivity index (χ0) is 17.5. The lowest BCUT2D eigenvalue weighted by Gasteiger charge is -2.17. The second-order valence-electron chi connectivity index (χ2n) is 5.41. The molecule has 1 unspecified atom stereocenters. The average Bonchev–Trinajstić information content (AvgIpc) is 2.46. The molecular weight excluding hydrogens is 324 g/mol. The minimum atomic E-state index is -3.01. The maximum absolute atomic E-state index is 13.5. The van der Waals surface area contributed by atoms with Crippen LogP contribution in [0.5, 0.6) is 0 Å². The summed E-state index contributed by atoms with van der Waals surface area (Å²) in [5.41, 5.74) is 0.0283. The first-order chi connectivity index (χ1) is 10.7. The van der Waals surface area contributed by atoms with Crippen molar-refractivity contribution in [3.8, 4) is 0 Å². The van der Waals surface area contributed by atoms with Gasteiger partial charge in [0.05, 0.1) is 5.75 Å². The number of rotatable bonds is 7. The molecule has 23 heavy (non-hydrogen) atoms. The average molecular weight is 347 g/mol. The molecule has 0 aliphatic heterocycles. The van der Waals surface area contributed by atoms with Crippen molar-refractivity contribution in [3.63, 3.8) is 0 Å². The molecule has 1 aromatic carbocycles. The molecule has 0 saturated carbocycles. The molecule has 5 nitrogen and oxygen atoms in total. The number of nitrogens with zero attached hydrogens (tertiary/aromatic N) is 1. The Hall–Kier alpha value is -1.70. The van der Waals surface area contributed by atoms with Crippen LogP contribution in [-0.4, -0.2) is 46.0 Å². The fraction of sp³-hybridized carbons (Fsp3) is 0.533. The van der Waals surface area contributed by atoms with E-state index >= 15 is 0 Å². The lowest BCUT2D eigenvalue weighted by atomic mass is 10.1. The van der Waals surface area contributed by atoms with E-state index in [1.165, 1.54) is 24.5 Å². The van der Waals surface area contributed by atoms with E-state index in [0.717, 1.165) is 0 Å². The molecule has 0 saturated heterocycles. The smallest absolute Gasteiger partial charge is 0.191 e. The predicted molar refractivity (Wildman–Crippen MR) is 88.3 cm³/mol. The van der Waals surface area contributed by atoms with E-state index in [1.54, 1.807) is 7.05 Å². The summed E-state index contributed by atoms with van der Waals surface area (Å²) in [6, 6.07) is 3.67. The minimum absolute atomic E-state index is 0.0283. The fourth-order valence-electron chi connectivity index (χ4n) is 1.97. The van der Waals surface area contributed by atoms with Gasteiger partial charge in [-0.15, -0.1) is 0 Å². The highest BCUT2D eigenvalue weighted by atomic mass is 32.2. The number of benzene rings is 1. The number of aliphatic imine (C=N–C) groups is 1. The van der Waals surface area contributed by atoms with E-state index in [4.69, 9.17) is 0 Å². The van der Waals surface area contributed by atoms with Gasteiger partial charge in [0, 0.05) is 31.5 Å². The molecule has 1 aromatic rings. The zero-order valence-electron chi connectivity index (χ0n) is 13.6. The van der Waals surface area contributed by atoms with Crippen LogP contribution in [-0.2, 0) is 16.3 Å². The standard InChI is InChI=1S/C15H23F2N3O2S/c1-11(8-10-23(3,21)22)20-15(18-2)19-9-7-12-13(16)5-4-6-14(12)17/h4-6,11H,7-10H2,1-3H3,(H2,18,19,20). The summed E-state index contributed by atoms with van der Waals surface area (Å²) in [5.74, 6) is -0.603. The minimum Gasteiger partial charge on any atom is -0.356 e. The molecule has 0 amide bonds. The van der Waals surface area contributed by atoms with Gasteiger partial charge in [-0.1, -0.05) is 6.07 Å². The van der Waals surface area contributed by atoms with Crippen LogP contribution in [0.3, 0.4) is 0 Å². The van der Waals surface area contributed by atoms with E-state index in [1.807, 2.05) is 6.92 Å². The summed E-state index contributed by atoms with van der Waals surface area (Å²) < 4.78 is 49.3. The Morgan fingerprint density at radius 2 is 1.91 bits per heavy atom. The predicted octanol–water partition coefficient (Wildman–Crippen LogP) is 1.50. The van der Waals surface area contributed by atoms with Crippen LogP contribution in [0.2, 0.25) is 0 Å². The molecule has 0 aliphatic rings. The second kappa shape index (κ2) is 8.81. The normalized spacial score (nSPS) is 13.7. The molecule has 1 rings (SSSR count). The van der Waals surface area contributed by atoms with Crippen molar-refractivity contribution >= 4 is 15.8 Å². The zero-order valence-corrected chi connectivity index (χ0v) is 14.4. The van der Waals surface area contributed by atoms with Gasteiger partial charge >= 0.3 is 0 Å². The van der Waals surface area contributed by atoms with Crippen molar-refractivity contribution < 1.29 is 17.2 Å². The highest BCUT2D eigenvalue weighted by Gasteiger charge is 2.11. The fourth-order valence-corrected chi connectivity index (χ4v) is 2.75. The number of hydrogen-bond acceptors (Lipinski definition) is 3. The Kier molecular flexibility index (Phi) is 7.41. The van der Waals surface area contributed by atoms with Crippen LogP contribution in [0, 0.1) is 11.6 Å². The molecule has 0 fully saturated rings. The molecule has 8 heteroatoms. The van der Waals surface area contributed by atoms with Gasteiger partial charge in [-0.2, -0.15) is 0 Å². The van der Waals surface area contributed by atoms with Crippen molar-refractivity contribution in [3.05, 3.63) is 35.4 Å². The largest absolute Gasteiger partial charge is 0.356 e. The van der Waals surface area contributed by atoms with E-state index in [-0.39, 0.29) is 23.8 Å². The van der Waals surface area contributed by atoms with Crippen molar-refractivity contribution in [2.75, 3.05) is 25.6 Å². The van der Waals surface area contributed by atoms with Gasteiger partial charge in [-0.25, -0.2) is 17.2 Å². The summed E-state index contributed by atoms with van der Waals surface area (Å²) >= 11 is 0. The van der Waals surface area contributed by atoms with E-state index in [0.29, 0.717) is 18.9 Å². The van der Waals surface area contributed by atoms with Gasteiger partial charge in [0.25, 0.3) is 0 Å². The number of sulfone groups is 1.